The maximum absolute atomic E-state index is 12.4. The molecular weight excluding hydrogens is 284 g/mol. The average molecular weight is 308 g/mol. The number of ketones is 1. The molecule has 2 fully saturated rings. The molecule has 0 atom stereocenters. The summed E-state index contributed by atoms with van der Waals surface area (Å²) in [5, 5.41) is 18.9. The number of aliphatic carboxylic acids is 2. The predicted molar refractivity (Wildman–Crippen MR) is 80.5 cm³/mol. The van der Waals surface area contributed by atoms with E-state index in [1.54, 1.807) is 0 Å². The van der Waals surface area contributed by atoms with Crippen molar-refractivity contribution in [2.45, 2.75) is 64.2 Å². The predicted octanol–water partition coefficient (Wildman–Crippen LogP) is 3.18. The Morgan fingerprint density at radius 3 is 1.73 bits per heavy atom. The van der Waals surface area contributed by atoms with Gasteiger partial charge in [0.1, 0.15) is 5.78 Å². The van der Waals surface area contributed by atoms with Crippen LogP contribution in [0.3, 0.4) is 0 Å². The Morgan fingerprint density at radius 2 is 1.23 bits per heavy atom. The van der Waals surface area contributed by atoms with Crippen LogP contribution in [-0.4, -0.2) is 27.9 Å². The number of hydrogen-bond donors (Lipinski definition) is 2. The Hall–Kier alpha value is -1.65. The molecule has 2 aliphatic carbocycles. The molecule has 2 saturated carbocycles. The summed E-state index contributed by atoms with van der Waals surface area (Å²) in [6, 6.07) is 0. The Balaban J connectivity index is 2.22. The molecule has 5 nitrogen and oxygen atoms in total. The van der Waals surface area contributed by atoms with Crippen LogP contribution < -0.4 is 0 Å². The molecule has 2 N–H and O–H groups in total. The van der Waals surface area contributed by atoms with Crippen molar-refractivity contribution in [3.8, 4) is 0 Å². The molecule has 0 bridgehead atoms. The summed E-state index contributed by atoms with van der Waals surface area (Å²) in [7, 11) is 0. The van der Waals surface area contributed by atoms with Gasteiger partial charge in [0.25, 0.3) is 0 Å². The molecule has 0 spiro atoms. The SMILES string of the molecule is O=C(O)C(CC(=O)C1CCCCC1)=C(C(=O)O)C1CCCC1. The minimum absolute atomic E-state index is 0.0332. The van der Waals surface area contributed by atoms with Gasteiger partial charge in [-0.1, -0.05) is 32.1 Å². The number of Topliss-reactive ketones (excluding diaryl/α,β-unsaturated/α-hetero) is 1. The fourth-order valence-corrected chi connectivity index (χ4v) is 3.79. The van der Waals surface area contributed by atoms with Gasteiger partial charge in [0.2, 0.25) is 0 Å². The zero-order valence-corrected chi connectivity index (χ0v) is 12.8. The zero-order chi connectivity index (χ0) is 16.1. The summed E-state index contributed by atoms with van der Waals surface area (Å²) in [6.07, 6.45) is 7.73. The monoisotopic (exact) mass is 308 g/mol. The van der Waals surface area contributed by atoms with E-state index in [0.29, 0.717) is 12.8 Å². The van der Waals surface area contributed by atoms with Crippen LogP contribution in [0.15, 0.2) is 11.1 Å². The zero-order valence-electron chi connectivity index (χ0n) is 12.8. The first-order valence-electron chi connectivity index (χ1n) is 8.23. The van der Waals surface area contributed by atoms with E-state index in [9.17, 15) is 24.6 Å². The minimum atomic E-state index is -1.26. The van der Waals surface area contributed by atoms with Crippen LogP contribution in [0.25, 0.3) is 0 Å². The van der Waals surface area contributed by atoms with Gasteiger partial charge in [-0.05, 0) is 31.6 Å². The van der Waals surface area contributed by atoms with Gasteiger partial charge >= 0.3 is 11.9 Å². The molecule has 0 radical (unpaired) electrons. The lowest BCUT2D eigenvalue weighted by molar-refractivity contribution is -0.137. The van der Waals surface area contributed by atoms with Crippen LogP contribution in [0.2, 0.25) is 0 Å². The second-order valence-electron chi connectivity index (χ2n) is 6.46. The highest BCUT2D eigenvalue weighted by Gasteiger charge is 2.32. The highest BCUT2D eigenvalue weighted by molar-refractivity contribution is 6.03. The van der Waals surface area contributed by atoms with Crippen LogP contribution in [0, 0.1) is 11.8 Å². The first kappa shape index (κ1) is 16.7. The molecule has 0 saturated heterocycles. The summed E-state index contributed by atoms with van der Waals surface area (Å²) in [5.74, 6) is -2.85. The minimum Gasteiger partial charge on any atom is -0.478 e. The average Bonchev–Trinajstić information content (AvgIpc) is 3.00. The maximum atomic E-state index is 12.4. The molecule has 0 amide bonds. The topological polar surface area (TPSA) is 91.7 Å². The van der Waals surface area contributed by atoms with E-state index in [1.807, 2.05) is 0 Å². The van der Waals surface area contributed by atoms with Gasteiger partial charge in [0, 0.05) is 12.3 Å². The normalized spacial score (nSPS) is 21.5. The Labute approximate surface area is 130 Å². The van der Waals surface area contributed by atoms with E-state index in [1.165, 1.54) is 0 Å². The number of carbonyl (C=O) groups is 3. The summed E-state index contributed by atoms with van der Waals surface area (Å²) >= 11 is 0. The van der Waals surface area contributed by atoms with Gasteiger partial charge in [-0.2, -0.15) is 0 Å². The third-order valence-electron chi connectivity index (χ3n) is 4.99. The number of carboxylic acids is 2. The second-order valence-corrected chi connectivity index (χ2v) is 6.46. The standard InChI is InChI=1S/C17H24O5/c18-14(11-6-2-1-3-7-11)10-13(16(19)20)15(17(21)22)12-8-4-5-9-12/h11-12H,1-10H2,(H,19,20)(H,21,22). The molecule has 0 aromatic heterocycles. The highest BCUT2D eigenvalue weighted by Crippen LogP contribution is 2.35. The Morgan fingerprint density at radius 1 is 0.727 bits per heavy atom. The van der Waals surface area contributed by atoms with E-state index in [2.05, 4.69) is 0 Å². The number of carbonyl (C=O) groups excluding carboxylic acids is 1. The number of hydrogen-bond acceptors (Lipinski definition) is 3. The lowest BCUT2D eigenvalue weighted by atomic mass is 9.82. The van der Waals surface area contributed by atoms with E-state index in [-0.39, 0.29) is 35.2 Å². The van der Waals surface area contributed by atoms with Crippen molar-refractivity contribution in [2.24, 2.45) is 11.8 Å². The van der Waals surface area contributed by atoms with Crippen molar-refractivity contribution >= 4 is 17.7 Å². The lowest BCUT2D eigenvalue weighted by Gasteiger charge is -2.21. The molecule has 0 heterocycles. The molecule has 0 aromatic carbocycles. The van der Waals surface area contributed by atoms with Gasteiger partial charge in [0.05, 0.1) is 11.1 Å². The van der Waals surface area contributed by atoms with Crippen molar-refractivity contribution in [3.05, 3.63) is 11.1 Å². The summed E-state index contributed by atoms with van der Waals surface area (Å²) in [4.78, 5) is 35.5. The molecule has 5 heteroatoms. The molecule has 122 valence electrons. The molecular formula is C17H24O5. The number of rotatable bonds is 6. The van der Waals surface area contributed by atoms with Gasteiger partial charge in [0.15, 0.2) is 0 Å². The second kappa shape index (κ2) is 7.56. The maximum Gasteiger partial charge on any atom is 0.332 e. The molecule has 2 aliphatic rings. The molecule has 22 heavy (non-hydrogen) atoms. The van der Waals surface area contributed by atoms with Crippen molar-refractivity contribution in [1.82, 2.24) is 0 Å². The van der Waals surface area contributed by atoms with Crippen molar-refractivity contribution in [2.75, 3.05) is 0 Å². The van der Waals surface area contributed by atoms with Crippen LogP contribution >= 0.6 is 0 Å². The Kier molecular flexibility index (Phi) is 5.75. The largest absolute Gasteiger partial charge is 0.478 e. The summed E-state index contributed by atoms with van der Waals surface area (Å²) in [5.41, 5.74) is -0.218. The van der Waals surface area contributed by atoms with Gasteiger partial charge in [-0.15, -0.1) is 0 Å². The van der Waals surface area contributed by atoms with Gasteiger partial charge in [-0.3, -0.25) is 4.79 Å². The fraction of sp³-hybridized carbons (Fsp3) is 0.706. The summed E-state index contributed by atoms with van der Waals surface area (Å²) < 4.78 is 0. The number of carboxylic acid groups (broad SMARTS) is 2. The first-order chi connectivity index (χ1) is 10.5. The molecule has 0 aliphatic heterocycles. The third-order valence-corrected chi connectivity index (χ3v) is 4.99. The summed E-state index contributed by atoms with van der Waals surface area (Å²) in [6.45, 7) is 0. The molecule has 0 aromatic rings. The van der Waals surface area contributed by atoms with Crippen LogP contribution in [-0.2, 0) is 14.4 Å². The fourth-order valence-electron chi connectivity index (χ4n) is 3.79. The quantitative estimate of drug-likeness (QED) is 0.735. The van der Waals surface area contributed by atoms with E-state index < -0.39 is 11.9 Å². The van der Waals surface area contributed by atoms with Gasteiger partial charge in [-0.25, -0.2) is 9.59 Å². The highest BCUT2D eigenvalue weighted by atomic mass is 16.4. The van der Waals surface area contributed by atoms with Crippen LogP contribution in [0.5, 0.6) is 0 Å². The van der Waals surface area contributed by atoms with E-state index in [0.717, 1.165) is 44.9 Å². The Bertz CT molecular complexity index is 479. The molecule has 0 unspecified atom stereocenters. The lowest BCUT2D eigenvalue weighted by Crippen LogP contribution is -2.23. The van der Waals surface area contributed by atoms with E-state index in [4.69, 9.17) is 0 Å². The first-order valence-corrected chi connectivity index (χ1v) is 8.23. The third kappa shape index (κ3) is 3.96. The van der Waals surface area contributed by atoms with E-state index >= 15 is 0 Å². The van der Waals surface area contributed by atoms with Gasteiger partial charge < -0.3 is 10.2 Å². The van der Waals surface area contributed by atoms with Crippen molar-refractivity contribution < 1.29 is 24.6 Å². The van der Waals surface area contributed by atoms with Crippen molar-refractivity contribution in [3.63, 3.8) is 0 Å². The smallest absolute Gasteiger partial charge is 0.332 e. The van der Waals surface area contributed by atoms with Crippen LogP contribution in [0.1, 0.15) is 64.2 Å². The van der Waals surface area contributed by atoms with Crippen molar-refractivity contribution in [1.29, 1.82) is 0 Å². The van der Waals surface area contributed by atoms with Crippen LogP contribution in [0.4, 0.5) is 0 Å². The molecule has 2 rings (SSSR count).